The van der Waals surface area contributed by atoms with Gasteiger partial charge in [-0.15, -0.1) is 0 Å². The van der Waals surface area contributed by atoms with Crippen molar-refractivity contribution < 1.29 is 0 Å². The van der Waals surface area contributed by atoms with E-state index < -0.39 is 0 Å². The Morgan fingerprint density at radius 1 is 1.41 bits per heavy atom. The molecule has 0 saturated heterocycles. The highest BCUT2D eigenvalue weighted by molar-refractivity contribution is 5.05. The van der Waals surface area contributed by atoms with Gasteiger partial charge in [-0.25, -0.2) is 0 Å². The van der Waals surface area contributed by atoms with Gasteiger partial charge < -0.3 is 5.73 Å². The summed E-state index contributed by atoms with van der Waals surface area (Å²) < 4.78 is 0. The predicted octanol–water partition coefficient (Wildman–Crippen LogP) is 2.79. The molecule has 1 aliphatic heterocycles. The minimum Gasteiger partial charge on any atom is -0.330 e. The van der Waals surface area contributed by atoms with Crippen molar-refractivity contribution in [2.75, 3.05) is 26.2 Å². The van der Waals surface area contributed by atoms with Crippen molar-refractivity contribution >= 4 is 0 Å². The van der Waals surface area contributed by atoms with Crippen molar-refractivity contribution in [3.05, 3.63) is 11.6 Å². The molecule has 1 aliphatic carbocycles. The summed E-state index contributed by atoms with van der Waals surface area (Å²) in [5.41, 5.74) is 8.05. The largest absolute Gasteiger partial charge is 0.330 e. The van der Waals surface area contributed by atoms with Gasteiger partial charge in [0.05, 0.1) is 0 Å². The Morgan fingerprint density at radius 2 is 2.12 bits per heavy atom. The highest BCUT2D eigenvalue weighted by Gasteiger charge is 2.34. The van der Waals surface area contributed by atoms with Crippen molar-refractivity contribution in [2.45, 2.75) is 46.0 Å². The van der Waals surface area contributed by atoms with Gasteiger partial charge >= 0.3 is 0 Å². The molecule has 1 saturated carbocycles. The Bertz CT molecular complexity index is 275. The lowest BCUT2D eigenvalue weighted by atomic mass is 9.70. The van der Waals surface area contributed by atoms with Crippen LogP contribution in [0.4, 0.5) is 0 Å². The number of hydrogen-bond acceptors (Lipinski definition) is 2. The van der Waals surface area contributed by atoms with Crippen LogP contribution in [0.2, 0.25) is 0 Å². The zero-order valence-electron chi connectivity index (χ0n) is 11.5. The van der Waals surface area contributed by atoms with E-state index >= 15 is 0 Å². The number of nitrogens with zero attached hydrogens (tertiary/aromatic N) is 1. The average molecular weight is 236 g/mol. The summed E-state index contributed by atoms with van der Waals surface area (Å²) in [6, 6.07) is 0. The molecule has 0 bridgehead atoms. The topological polar surface area (TPSA) is 29.3 Å². The smallest absolute Gasteiger partial charge is 0.0190 e. The SMILES string of the molecule is CC1=CCCN(CC2(CN)CCC(C)CC2)C1. The van der Waals surface area contributed by atoms with Crippen LogP contribution < -0.4 is 5.73 Å². The van der Waals surface area contributed by atoms with Crippen LogP contribution in [0.25, 0.3) is 0 Å². The van der Waals surface area contributed by atoms with Crippen LogP contribution in [0.15, 0.2) is 11.6 Å². The molecule has 0 radical (unpaired) electrons. The van der Waals surface area contributed by atoms with Gasteiger partial charge in [-0.05, 0) is 44.1 Å². The molecule has 0 unspecified atom stereocenters. The maximum absolute atomic E-state index is 6.09. The fourth-order valence-corrected chi connectivity index (χ4v) is 3.40. The van der Waals surface area contributed by atoms with Crippen molar-refractivity contribution in [1.29, 1.82) is 0 Å². The molecule has 98 valence electrons. The molecule has 2 rings (SSSR count). The highest BCUT2D eigenvalue weighted by Crippen LogP contribution is 2.39. The van der Waals surface area contributed by atoms with Crippen molar-refractivity contribution in [3.8, 4) is 0 Å². The minimum absolute atomic E-state index is 0.421. The number of rotatable bonds is 3. The van der Waals surface area contributed by atoms with Gasteiger partial charge in [-0.1, -0.05) is 31.4 Å². The van der Waals surface area contributed by atoms with Crippen LogP contribution >= 0.6 is 0 Å². The third-order valence-electron chi connectivity index (χ3n) is 4.74. The molecule has 2 heteroatoms. The van der Waals surface area contributed by atoms with Gasteiger partial charge in [0.15, 0.2) is 0 Å². The lowest BCUT2D eigenvalue weighted by Crippen LogP contribution is -2.46. The normalized spacial score (nSPS) is 35.7. The second-order valence-corrected chi connectivity index (χ2v) is 6.44. The van der Waals surface area contributed by atoms with Crippen molar-refractivity contribution in [2.24, 2.45) is 17.1 Å². The maximum atomic E-state index is 6.09. The van der Waals surface area contributed by atoms with Gasteiger partial charge in [-0.2, -0.15) is 0 Å². The van der Waals surface area contributed by atoms with E-state index in [2.05, 4.69) is 24.8 Å². The standard InChI is InChI=1S/C15H28N2/c1-13-5-7-15(11-16,8-6-13)12-17-9-3-4-14(2)10-17/h4,13H,3,5-12,16H2,1-2H3. The molecule has 0 spiro atoms. The molecule has 1 heterocycles. The quantitative estimate of drug-likeness (QED) is 0.764. The Labute approximate surface area is 106 Å². The third-order valence-corrected chi connectivity index (χ3v) is 4.74. The molecule has 2 aliphatic rings. The summed E-state index contributed by atoms with van der Waals surface area (Å²) in [5.74, 6) is 0.915. The van der Waals surface area contributed by atoms with Crippen molar-refractivity contribution in [3.63, 3.8) is 0 Å². The second-order valence-electron chi connectivity index (χ2n) is 6.44. The summed E-state index contributed by atoms with van der Waals surface area (Å²) in [7, 11) is 0. The molecule has 2 N–H and O–H groups in total. The zero-order chi connectivity index (χ0) is 12.3. The Morgan fingerprint density at radius 3 is 2.71 bits per heavy atom. The second kappa shape index (κ2) is 5.53. The molecular formula is C15H28N2. The third kappa shape index (κ3) is 3.32. The van der Waals surface area contributed by atoms with Gasteiger partial charge in [0, 0.05) is 19.6 Å². The average Bonchev–Trinajstić information content (AvgIpc) is 2.33. The van der Waals surface area contributed by atoms with Crippen LogP contribution in [0.3, 0.4) is 0 Å². The van der Waals surface area contributed by atoms with Gasteiger partial charge in [0.1, 0.15) is 0 Å². The van der Waals surface area contributed by atoms with Crippen molar-refractivity contribution in [1.82, 2.24) is 4.90 Å². The molecule has 2 nitrogen and oxygen atoms in total. The number of hydrogen-bond donors (Lipinski definition) is 1. The zero-order valence-corrected chi connectivity index (χ0v) is 11.5. The lowest BCUT2D eigenvalue weighted by molar-refractivity contribution is 0.0982. The van der Waals surface area contributed by atoms with Crippen LogP contribution in [-0.4, -0.2) is 31.1 Å². The highest BCUT2D eigenvalue weighted by atomic mass is 15.1. The molecule has 0 amide bonds. The Balaban J connectivity index is 1.93. The van der Waals surface area contributed by atoms with Crippen LogP contribution in [-0.2, 0) is 0 Å². The van der Waals surface area contributed by atoms with Crippen LogP contribution in [0, 0.1) is 11.3 Å². The first-order chi connectivity index (χ1) is 8.13. The van der Waals surface area contributed by atoms with E-state index in [-0.39, 0.29) is 0 Å². The monoisotopic (exact) mass is 236 g/mol. The minimum atomic E-state index is 0.421. The number of nitrogens with two attached hydrogens (primary N) is 1. The summed E-state index contributed by atoms with van der Waals surface area (Å²) in [6.45, 7) is 9.13. The fourth-order valence-electron chi connectivity index (χ4n) is 3.40. The lowest BCUT2D eigenvalue weighted by Gasteiger charge is -2.43. The van der Waals surface area contributed by atoms with Gasteiger partial charge in [-0.3, -0.25) is 4.90 Å². The van der Waals surface area contributed by atoms with Crippen LogP contribution in [0.5, 0.6) is 0 Å². The first-order valence-corrected chi connectivity index (χ1v) is 7.22. The molecule has 0 atom stereocenters. The van der Waals surface area contributed by atoms with E-state index in [9.17, 15) is 0 Å². The first kappa shape index (κ1) is 13.1. The van der Waals surface area contributed by atoms with E-state index in [0.29, 0.717) is 5.41 Å². The summed E-state index contributed by atoms with van der Waals surface area (Å²) in [4.78, 5) is 2.62. The van der Waals surface area contributed by atoms with E-state index in [1.165, 1.54) is 50.8 Å². The van der Waals surface area contributed by atoms with E-state index in [1.54, 1.807) is 0 Å². The van der Waals surface area contributed by atoms with Gasteiger partial charge in [0.2, 0.25) is 0 Å². The maximum Gasteiger partial charge on any atom is 0.0190 e. The van der Waals surface area contributed by atoms with E-state index in [1.807, 2.05) is 0 Å². The molecule has 1 fully saturated rings. The molecule has 0 aromatic rings. The first-order valence-electron chi connectivity index (χ1n) is 7.22. The summed E-state index contributed by atoms with van der Waals surface area (Å²) in [6.07, 6.45) is 9.03. The predicted molar refractivity (Wildman–Crippen MR) is 73.9 cm³/mol. The molecule has 17 heavy (non-hydrogen) atoms. The fraction of sp³-hybridized carbons (Fsp3) is 0.867. The molecular weight excluding hydrogens is 208 g/mol. The summed E-state index contributed by atoms with van der Waals surface area (Å²) in [5, 5.41) is 0. The van der Waals surface area contributed by atoms with Crippen LogP contribution in [0.1, 0.15) is 46.0 Å². The van der Waals surface area contributed by atoms with E-state index in [0.717, 1.165) is 19.0 Å². The molecule has 0 aromatic heterocycles. The summed E-state index contributed by atoms with van der Waals surface area (Å²) >= 11 is 0. The molecule has 0 aromatic carbocycles. The Kier molecular flexibility index (Phi) is 4.26. The van der Waals surface area contributed by atoms with Gasteiger partial charge in [0.25, 0.3) is 0 Å². The van der Waals surface area contributed by atoms with E-state index in [4.69, 9.17) is 5.73 Å². The Hall–Kier alpha value is -0.340.